The molecule has 0 aromatic carbocycles. The zero-order valence-electron chi connectivity index (χ0n) is 7.64. The van der Waals surface area contributed by atoms with E-state index in [2.05, 4.69) is 10.3 Å². The molecule has 0 aliphatic carbocycles. The predicted molar refractivity (Wildman–Crippen MR) is 57.8 cm³/mol. The van der Waals surface area contributed by atoms with Gasteiger partial charge in [-0.05, 0) is 19.9 Å². The minimum absolute atomic E-state index is 0.0875. The molecule has 2 nitrogen and oxygen atoms in total. The molecule has 0 saturated carbocycles. The van der Waals surface area contributed by atoms with Gasteiger partial charge in [-0.3, -0.25) is 4.98 Å². The summed E-state index contributed by atoms with van der Waals surface area (Å²) in [5, 5.41) is 3.90. The number of nitrogens with zero attached hydrogens (tertiary/aromatic N) is 1. The van der Waals surface area contributed by atoms with Crippen LogP contribution in [0.25, 0.3) is 0 Å². The molecule has 1 aromatic rings. The lowest BCUT2D eigenvalue weighted by Crippen LogP contribution is -2.11. The maximum Gasteiger partial charge on any atom is 0.0849 e. The first-order chi connectivity index (χ1) is 6.11. The second-order valence-electron chi connectivity index (χ2n) is 2.92. The van der Waals surface area contributed by atoms with E-state index in [1.54, 1.807) is 6.20 Å². The van der Waals surface area contributed by atoms with E-state index >= 15 is 0 Å². The van der Waals surface area contributed by atoms with Gasteiger partial charge in [-0.15, -0.1) is 11.6 Å². The van der Waals surface area contributed by atoms with Crippen molar-refractivity contribution in [1.29, 1.82) is 0 Å². The van der Waals surface area contributed by atoms with Crippen LogP contribution in [0, 0.1) is 6.92 Å². The molecule has 0 aliphatic heterocycles. The van der Waals surface area contributed by atoms with Crippen LogP contribution in [-0.2, 0) is 0 Å². The molecule has 72 valence electrons. The molecule has 13 heavy (non-hydrogen) atoms. The van der Waals surface area contributed by atoms with Crippen molar-refractivity contribution in [2.45, 2.75) is 19.2 Å². The average Bonchev–Trinajstić information content (AvgIpc) is 2.07. The van der Waals surface area contributed by atoms with Crippen LogP contribution in [0.5, 0.6) is 0 Å². The van der Waals surface area contributed by atoms with Gasteiger partial charge >= 0.3 is 0 Å². The first-order valence-corrected chi connectivity index (χ1v) is 4.91. The third kappa shape index (κ3) is 3.05. The highest BCUT2D eigenvalue weighted by Gasteiger charge is 2.03. The minimum atomic E-state index is 0.0875. The lowest BCUT2D eigenvalue weighted by molar-refractivity contribution is 0.986. The van der Waals surface area contributed by atoms with Crippen molar-refractivity contribution in [3.63, 3.8) is 0 Å². The van der Waals surface area contributed by atoms with Gasteiger partial charge in [0.25, 0.3) is 0 Å². The third-order valence-corrected chi connectivity index (χ3v) is 2.27. The van der Waals surface area contributed by atoms with E-state index in [1.165, 1.54) is 0 Å². The van der Waals surface area contributed by atoms with Gasteiger partial charge in [0.2, 0.25) is 0 Å². The summed E-state index contributed by atoms with van der Waals surface area (Å²) in [5.41, 5.74) is 1.72. The number of halogens is 2. The average molecular weight is 219 g/mol. The fraction of sp³-hybridized carbons (Fsp3) is 0.444. The zero-order chi connectivity index (χ0) is 9.84. The molecule has 0 aliphatic rings. The zero-order valence-corrected chi connectivity index (χ0v) is 9.15. The standard InChI is InChI=1S/C9H12Cl2N2/c1-6(10)5-13-8-3-4-12-7(2)9(8)11/h3-4,6H,5H2,1-2H3,(H,12,13). The Labute approximate surface area is 88.3 Å². The summed E-state index contributed by atoms with van der Waals surface area (Å²) in [6.07, 6.45) is 1.72. The molecule has 0 spiro atoms. The number of nitrogens with one attached hydrogen (secondary N) is 1. The summed E-state index contributed by atoms with van der Waals surface area (Å²) < 4.78 is 0. The van der Waals surface area contributed by atoms with Crippen LogP contribution in [0.2, 0.25) is 5.02 Å². The summed E-state index contributed by atoms with van der Waals surface area (Å²) in [6, 6.07) is 1.84. The van der Waals surface area contributed by atoms with Crippen molar-refractivity contribution in [2.75, 3.05) is 11.9 Å². The van der Waals surface area contributed by atoms with Crippen molar-refractivity contribution in [3.05, 3.63) is 23.0 Å². The van der Waals surface area contributed by atoms with Gasteiger partial charge in [0.15, 0.2) is 0 Å². The number of hydrogen-bond donors (Lipinski definition) is 1. The number of anilines is 1. The van der Waals surface area contributed by atoms with E-state index in [0.717, 1.165) is 11.4 Å². The lowest BCUT2D eigenvalue weighted by Gasteiger charge is -2.10. The van der Waals surface area contributed by atoms with E-state index in [9.17, 15) is 0 Å². The van der Waals surface area contributed by atoms with Crippen LogP contribution in [-0.4, -0.2) is 16.9 Å². The molecule has 0 bridgehead atoms. The van der Waals surface area contributed by atoms with Crippen LogP contribution in [0.3, 0.4) is 0 Å². The van der Waals surface area contributed by atoms with E-state index in [1.807, 2.05) is 19.9 Å². The Morgan fingerprint density at radius 3 is 2.92 bits per heavy atom. The molecule has 0 saturated heterocycles. The molecule has 0 radical (unpaired) electrons. The fourth-order valence-corrected chi connectivity index (χ4v) is 1.19. The Bertz CT molecular complexity index is 287. The van der Waals surface area contributed by atoms with Gasteiger partial charge in [0.05, 0.1) is 16.4 Å². The van der Waals surface area contributed by atoms with Crippen LogP contribution in [0.1, 0.15) is 12.6 Å². The van der Waals surface area contributed by atoms with Crippen LogP contribution in [0.15, 0.2) is 12.3 Å². The third-order valence-electron chi connectivity index (χ3n) is 1.64. The molecular formula is C9H12Cl2N2. The molecule has 1 atom stereocenters. The van der Waals surface area contributed by atoms with Gasteiger partial charge in [-0.1, -0.05) is 11.6 Å². The minimum Gasteiger partial charge on any atom is -0.382 e. The summed E-state index contributed by atoms with van der Waals surface area (Å²) in [6.45, 7) is 4.50. The largest absolute Gasteiger partial charge is 0.382 e. The number of hydrogen-bond acceptors (Lipinski definition) is 2. The number of aryl methyl sites for hydroxylation is 1. The van der Waals surface area contributed by atoms with Crippen molar-refractivity contribution in [3.8, 4) is 0 Å². The van der Waals surface area contributed by atoms with Crippen molar-refractivity contribution in [2.24, 2.45) is 0 Å². The highest BCUT2D eigenvalue weighted by molar-refractivity contribution is 6.33. The van der Waals surface area contributed by atoms with E-state index in [4.69, 9.17) is 23.2 Å². The first kappa shape index (κ1) is 10.6. The van der Waals surface area contributed by atoms with Gasteiger partial charge < -0.3 is 5.32 Å². The number of rotatable bonds is 3. The maximum absolute atomic E-state index is 6.01. The molecule has 1 heterocycles. The SMILES string of the molecule is Cc1nccc(NCC(C)Cl)c1Cl. The Morgan fingerprint density at radius 1 is 1.62 bits per heavy atom. The highest BCUT2D eigenvalue weighted by Crippen LogP contribution is 2.23. The van der Waals surface area contributed by atoms with Gasteiger partial charge in [0.1, 0.15) is 0 Å². The summed E-state index contributed by atoms with van der Waals surface area (Å²) in [7, 11) is 0. The summed E-state index contributed by atoms with van der Waals surface area (Å²) in [4.78, 5) is 4.06. The van der Waals surface area contributed by atoms with E-state index in [-0.39, 0.29) is 5.38 Å². The number of alkyl halides is 1. The normalized spacial score (nSPS) is 12.6. The fourth-order valence-electron chi connectivity index (χ4n) is 0.935. The first-order valence-electron chi connectivity index (χ1n) is 4.10. The molecule has 0 fully saturated rings. The highest BCUT2D eigenvalue weighted by atomic mass is 35.5. The Morgan fingerprint density at radius 2 is 2.31 bits per heavy atom. The van der Waals surface area contributed by atoms with Gasteiger partial charge in [-0.2, -0.15) is 0 Å². The smallest absolute Gasteiger partial charge is 0.0849 e. The second kappa shape index (κ2) is 4.68. The van der Waals surface area contributed by atoms with Gasteiger partial charge in [-0.25, -0.2) is 0 Å². The second-order valence-corrected chi connectivity index (χ2v) is 4.04. The molecule has 1 aromatic heterocycles. The molecule has 4 heteroatoms. The van der Waals surface area contributed by atoms with Crippen LogP contribution >= 0.6 is 23.2 Å². The Kier molecular flexibility index (Phi) is 3.82. The van der Waals surface area contributed by atoms with Crippen molar-refractivity contribution < 1.29 is 0 Å². The topological polar surface area (TPSA) is 24.9 Å². The molecule has 1 N–H and O–H groups in total. The Hall–Kier alpha value is -0.470. The summed E-state index contributed by atoms with van der Waals surface area (Å²) in [5.74, 6) is 0. The number of aromatic nitrogens is 1. The van der Waals surface area contributed by atoms with Gasteiger partial charge in [0, 0.05) is 18.1 Å². The molecule has 1 rings (SSSR count). The maximum atomic E-state index is 6.01. The van der Waals surface area contributed by atoms with Crippen LogP contribution < -0.4 is 5.32 Å². The predicted octanol–water partition coefficient (Wildman–Crippen LogP) is 3.08. The lowest BCUT2D eigenvalue weighted by atomic mass is 10.3. The molecular weight excluding hydrogens is 207 g/mol. The number of pyridine rings is 1. The molecule has 0 amide bonds. The Balaban J connectivity index is 2.71. The van der Waals surface area contributed by atoms with E-state index in [0.29, 0.717) is 11.6 Å². The molecule has 1 unspecified atom stereocenters. The summed E-state index contributed by atoms with van der Waals surface area (Å²) >= 11 is 11.8. The quantitative estimate of drug-likeness (QED) is 0.790. The van der Waals surface area contributed by atoms with Crippen molar-refractivity contribution in [1.82, 2.24) is 4.98 Å². The monoisotopic (exact) mass is 218 g/mol. The van der Waals surface area contributed by atoms with Crippen LogP contribution in [0.4, 0.5) is 5.69 Å². The van der Waals surface area contributed by atoms with E-state index < -0.39 is 0 Å². The van der Waals surface area contributed by atoms with Crippen molar-refractivity contribution >= 4 is 28.9 Å².